The maximum Gasteiger partial charge on any atom is 0.225 e. The Hall–Kier alpha value is -2.76. The minimum Gasteiger partial charge on any atom is -0.469 e. The fraction of sp³-hybridized carbons (Fsp3) is 0.538. The van der Waals surface area contributed by atoms with E-state index in [2.05, 4.69) is 55.7 Å². The smallest absolute Gasteiger partial charge is 0.225 e. The molecule has 0 bridgehead atoms. The van der Waals surface area contributed by atoms with Crippen molar-refractivity contribution >= 4 is 11.9 Å². The maximum atomic E-state index is 12.7. The fourth-order valence-corrected chi connectivity index (χ4v) is 4.23. The van der Waals surface area contributed by atoms with Gasteiger partial charge in [0.05, 0.1) is 12.3 Å². The van der Waals surface area contributed by atoms with Gasteiger partial charge in [0.2, 0.25) is 5.91 Å². The lowest BCUT2D eigenvalue weighted by atomic mass is 9.98. The van der Waals surface area contributed by atoms with Crippen LogP contribution in [0.5, 0.6) is 0 Å². The number of benzene rings is 1. The van der Waals surface area contributed by atoms with Crippen molar-refractivity contribution in [1.29, 1.82) is 0 Å². The van der Waals surface area contributed by atoms with Gasteiger partial charge in [-0.05, 0) is 50.3 Å². The number of amides is 1. The number of hydrogen-bond donors (Lipinski definition) is 2. The van der Waals surface area contributed by atoms with Crippen LogP contribution in [0.4, 0.5) is 0 Å². The maximum absolute atomic E-state index is 12.7. The minimum absolute atomic E-state index is 0.141. The molecular formula is C26H38N4O2. The molecule has 6 nitrogen and oxygen atoms in total. The standard InChI is InChI=1S/C26H38N4O2/c1-4-21(5-2)25(31)30-17-14-23(15-18-30)29-26(27-16-13-24-12-9-19-32-24)28-20(3)22-10-7-6-8-11-22/h6-12,19-21,23H,4-5,13-18H2,1-3H3,(H2,27,28,29). The highest BCUT2D eigenvalue weighted by molar-refractivity contribution is 5.81. The van der Waals surface area contributed by atoms with Crippen LogP contribution in [0.3, 0.4) is 0 Å². The second-order valence-electron chi connectivity index (χ2n) is 8.59. The van der Waals surface area contributed by atoms with Crippen molar-refractivity contribution in [2.45, 2.75) is 65.0 Å². The molecule has 0 radical (unpaired) electrons. The molecule has 1 atom stereocenters. The summed E-state index contributed by atoms with van der Waals surface area (Å²) in [6.45, 7) is 8.62. The van der Waals surface area contributed by atoms with Gasteiger partial charge in [0.15, 0.2) is 5.96 Å². The van der Waals surface area contributed by atoms with Crippen molar-refractivity contribution in [2.24, 2.45) is 10.9 Å². The van der Waals surface area contributed by atoms with Crippen LogP contribution in [0.1, 0.15) is 63.8 Å². The number of furan rings is 1. The zero-order valence-electron chi connectivity index (χ0n) is 19.7. The lowest BCUT2D eigenvalue weighted by Gasteiger charge is -2.35. The molecule has 174 valence electrons. The number of nitrogens with zero attached hydrogens (tertiary/aromatic N) is 2. The average molecular weight is 439 g/mol. The van der Waals surface area contributed by atoms with Crippen LogP contribution >= 0.6 is 0 Å². The molecular weight excluding hydrogens is 400 g/mol. The normalized spacial score (nSPS) is 16.2. The minimum atomic E-state index is 0.141. The summed E-state index contributed by atoms with van der Waals surface area (Å²) in [6, 6.07) is 14.7. The summed E-state index contributed by atoms with van der Waals surface area (Å²) in [6.07, 6.45) is 6.17. The van der Waals surface area contributed by atoms with Gasteiger partial charge in [0.25, 0.3) is 0 Å². The van der Waals surface area contributed by atoms with E-state index in [-0.39, 0.29) is 12.0 Å². The number of nitrogens with one attached hydrogen (secondary N) is 2. The monoisotopic (exact) mass is 438 g/mol. The first kappa shape index (κ1) is 23.9. The zero-order chi connectivity index (χ0) is 22.8. The molecule has 0 spiro atoms. The Balaban J connectivity index is 1.58. The molecule has 2 N–H and O–H groups in total. The number of piperidine rings is 1. The molecule has 1 amide bonds. The van der Waals surface area contributed by atoms with Crippen LogP contribution in [0.25, 0.3) is 0 Å². The summed E-state index contributed by atoms with van der Waals surface area (Å²) in [5, 5.41) is 7.18. The first-order valence-corrected chi connectivity index (χ1v) is 12.0. The first-order chi connectivity index (χ1) is 15.6. The van der Waals surface area contributed by atoms with E-state index in [0.29, 0.717) is 18.5 Å². The van der Waals surface area contributed by atoms with Crippen LogP contribution in [0, 0.1) is 5.92 Å². The van der Waals surface area contributed by atoms with E-state index in [9.17, 15) is 4.79 Å². The second-order valence-corrected chi connectivity index (χ2v) is 8.59. The van der Waals surface area contributed by atoms with E-state index < -0.39 is 0 Å². The van der Waals surface area contributed by atoms with Gasteiger partial charge in [0.1, 0.15) is 5.76 Å². The summed E-state index contributed by atoms with van der Waals surface area (Å²) in [7, 11) is 0. The fourth-order valence-electron chi connectivity index (χ4n) is 4.23. The van der Waals surface area contributed by atoms with Crippen LogP contribution in [-0.2, 0) is 11.2 Å². The van der Waals surface area contributed by atoms with Crippen LogP contribution in [-0.4, -0.2) is 42.4 Å². The van der Waals surface area contributed by atoms with Gasteiger partial charge in [-0.25, -0.2) is 0 Å². The van der Waals surface area contributed by atoms with E-state index in [1.54, 1.807) is 6.26 Å². The number of aliphatic imine (C=N–C) groups is 1. The third-order valence-corrected chi connectivity index (χ3v) is 6.34. The molecule has 2 heterocycles. The van der Waals surface area contributed by atoms with Crippen molar-refractivity contribution in [3.63, 3.8) is 0 Å². The summed E-state index contributed by atoms with van der Waals surface area (Å²) >= 11 is 0. The van der Waals surface area contributed by atoms with Crippen LogP contribution in [0.2, 0.25) is 0 Å². The third-order valence-electron chi connectivity index (χ3n) is 6.34. The largest absolute Gasteiger partial charge is 0.469 e. The highest BCUT2D eigenvalue weighted by atomic mass is 16.3. The predicted octanol–water partition coefficient (Wildman–Crippen LogP) is 4.55. The van der Waals surface area contributed by atoms with Crippen LogP contribution < -0.4 is 10.6 Å². The van der Waals surface area contributed by atoms with E-state index in [4.69, 9.17) is 9.41 Å². The summed E-state index contributed by atoms with van der Waals surface area (Å²) in [5.74, 6) is 2.23. The number of guanidine groups is 1. The Kier molecular flexibility index (Phi) is 9.20. The molecule has 1 unspecified atom stereocenters. The van der Waals surface area contributed by atoms with Gasteiger partial charge in [-0.2, -0.15) is 0 Å². The molecule has 0 saturated carbocycles. The highest BCUT2D eigenvalue weighted by Crippen LogP contribution is 2.18. The second kappa shape index (κ2) is 12.3. The van der Waals surface area contributed by atoms with Gasteiger partial charge < -0.3 is 20.0 Å². The number of carbonyl (C=O) groups excluding carboxylic acids is 1. The lowest BCUT2D eigenvalue weighted by Crippen LogP contribution is -2.51. The number of hydrogen-bond acceptors (Lipinski definition) is 3. The van der Waals surface area contributed by atoms with E-state index in [1.165, 1.54) is 5.56 Å². The highest BCUT2D eigenvalue weighted by Gasteiger charge is 2.27. The average Bonchev–Trinajstić information content (AvgIpc) is 3.34. The van der Waals surface area contributed by atoms with Gasteiger partial charge >= 0.3 is 0 Å². The quantitative estimate of drug-likeness (QED) is 0.445. The Labute approximate surface area is 192 Å². The Bertz CT molecular complexity index is 823. The molecule has 1 aromatic carbocycles. The molecule has 1 aliphatic heterocycles. The van der Waals surface area contributed by atoms with Gasteiger partial charge in [-0.3, -0.25) is 9.79 Å². The van der Waals surface area contributed by atoms with Gasteiger partial charge in [0, 0.05) is 38.0 Å². The SMILES string of the molecule is CCC(CC)C(=O)N1CCC(NC(=NCCc2ccco2)NC(C)c2ccccc2)CC1. The summed E-state index contributed by atoms with van der Waals surface area (Å²) in [4.78, 5) is 19.6. The zero-order valence-corrected chi connectivity index (χ0v) is 19.7. The molecule has 2 aromatic rings. The number of likely N-dealkylation sites (tertiary alicyclic amines) is 1. The number of carbonyl (C=O) groups is 1. The van der Waals surface area contributed by atoms with Crippen molar-refractivity contribution in [3.8, 4) is 0 Å². The molecule has 0 aliphatic carbocycles. The van der Waals surface area contributed by atoms with Gasteiger partial charge in [-0.1, -0.05) is 44.2 Å². The lowest BCUT2D eigenvalue weighted by molar-refractivity contribution is -0.136. The topological polar surface area (TPSA) is 69.9 Å². The molecule has 3 rings (SSSR count). The number of rotatable bonds is 9. The van der Waals surface area contributed by atoms with Crippen molar-refractivity contribution in [3.05, 3.63) is 60.1 Å². The van der Waals surface area contributed by atoms with Crippen molar-refractivity contribution in [1.82, 2.24) is 15.5 Å². The molecule has 6 heteroatoms. The van der Waals surface area contributed by atoms with Gasteiger partial charge in [-0.15, -0.1) is 0 Å². The van der Waals surface area contributed by atoms with Crippen LogP contribution in [0.15, 0.2) is 58.1 Å². The predicted molar refractivity (Wildman–Crippen MR) is 130 cm³/mol. The van der Waals surface area contributed by atoms with E-state index >= 15 is 0 Å². The third kappa shape index (κ3) is 6.87. The molecule has 1 fully saturated rings. The summed E-state index contributed by atoms with van der Waals surface area (Å²) < 4.78 is 5.44. The summed E-state index contributed by atoms with van der Waals surface area (Å²) in [5.41, 5.74) is 1.22. The van der Waals surface area contributed by atoms with Crippen molar-refractivity contribution in [2.75, 3.05) is 19.6 Å². The van der Waals surface area contributed by atoms with E-state index in [0.717, 1.165) is 56.9 Å². The molecule has 32 heavy (non-hydrogen) atoms. The molecule has 1 saturated heterocycles. The molecule has 1 aromatic heterocycles. The Morgan fingerprint density at radius 3 is 2.47 bits per heavy atom. The Morgan fingerprint density at radius 2 is 1.84 bits per heavy atom. The van der Waals surface area contributed by atoms with E-state index in [1.807, 2.05) is 23.1 Å². The first-order valence-electron chi connectivity index (χ1n) is 12.0. The molecule has 1 aliphatic rings. The Morgan fingerprint density at radius 1 is 1.12 bits per heavy atom. The van der Waals surface area contributed by atoms with Crippen molar-refractivity contribution < 1.29 is 9.21 Å².